The predicted octanol–water partition coefficient (Wildman–Crippen LogP) is 1.81. The van der Waals surface area contributed by atoms with E-state index in [0.717, 1.165) is 11.3 Å². The van der Waals surface area contributed by atoms with E-state index in [-0.39, 0.29) is 5.91 Å². The number of nitrogens with zero attached hydrogens (tertiary/aromatic N) is 6. The Morgan fingerprint density at radius 3 is 3.04 bits per heavy atom. The van der Waals surface area contributed by atoms with E-state index in [0.29, 0.717) is 43.3 Å². The fraction of sp³-hybridized carbons (Fsp3) is 0.222. The summed E-state index contributed by atoms with van der Waals surface area (Å²) in [5, 5.41) is 6.80. The largest absolute Gasteiger partial charge is 0.350 e. The molecule has 1 N–H and O–H groups in total. The lowest BCUT2D eigenvalue weighted by atomic mass is 10.2. The van der Waals surface area contributed by atoms with E-state index in [1.165, 1.54) is 0 Å². The molecule has 0 aliphatic rings. The number of carbonyl (C=O) groups excluding carboxylic acids is 1. The topological polar surface area (TPSA) is 111 Å². The van der Waals surface area contributed by atoms with E-state index < -0.39 is 0 Å². The average Bonchev–Trinajstić information content (AvgIpc) is 3.34. The molecule has 4 rings (SSSR count). The fourth-order valence-corrected chi connectivity index (χ4v) is 2.61. The molecule has 0 atom stereocenters. The van der Waals surface area contributed by atoms with Gasteiger partial charge in [0.25, 0.3) is 0 Å². The number of aryl methyl sites for hydroxylation is 1. The minimum atomic E-state index is -0.0491. The summed E-state index contributed by atoms with van der Waals surface area (Å²) in [6, 6.07) is 5.51. The first-order valence-electron chi connectivity index (χ1n) is 8.56. The highest BCUT2D eigenvalue weighted by Crippen LogP contribution is 2.14. The van der Waals surface area contributed by atoms with Crippen molar-refractivity contribution in [2.45, 2.75) is 25.8 Å². The van der Waals surface area contributed by atoms with E-state index in [4.69, 9.17) is 4.52 Å². The van der Waals surface area contributed by atoms with Gasteiger partial charge < -0.3 is 9.84 Å². The van der Waals surface area contributed by atoms with Gasteiger partial charge in [-0.3, -0.25) is 14.2 Å². The third-order valence-corrected chi connectivity index (χ3v) is 3.93. The molecule has 9 heteroatoms. The molecule has 136 valence electrons. The number of rotatable bonds is 7. The van der Waals surface area contributed by atoms with Crippen LogP contribution in [0, 0.1) is 0 Å². The molecule has 0 aliphatic carbocycles. The van der Waals surface area contributed by atoms with Gasteiger partial charge in [0.05, 0.1) is 12.2 Å². The van der Waals surface area contributed by atoms with Crippen molar-refractivity contribution in [3.63, 3.8) is 0 Å². The molecule has 0 aliphatic heterocycles. The summed E-state index contributed by atoms with van der Waals surface area (Å²) in [5.74, 6) is 1.57. The fourth-order valence-electron chi connectivity index (χ4n) is 2.61. The Morgan fingerprint density at radius 1 is 1.22 bits per heavy atom. The molecule has 0 unspecified atom stereocenters. The smallest absolute Gasteiger partial charge is 0.233 e. The Hall–Kier alpha value is -3.62. The van der Waals surface area contributed by atoms with Crippen molar-refractivity contribution in [2.75, 3.05) is 0 Å². The van der Waals surface area contributed by atoms with Crippen molar-refractivity contribution in [3.8, 4) is 11.4 Å². The molecule has 0 saturated heterocycles. The molecule has 0 saturated carbocycles. The van der Waals surface area contributed by atoms with Crippen LogP contribution in [0.15, 0.2) is 53.7 Å². The Balaban J connectivity index is 1.23. The van der Waals surface area contributed by atoms with E-state index >= 15 is 0 Å². The van der Waals surface area contributed by atoms with Crippen molar-refractivity contribution in [1.29, 1.82) is 0 Å². The third kappa shape index (κ3) is 4.14. The maximum atomic E-state index is 12.0. The SMILES string of the molecule is O=C(CCCc1nc(-c2cccnc2)no1)NCc1cn2cccnc2n1. The highest BCUT2D eigenvalue weighted by Gasteiger charge is 2.10. The van der Waals surface area contributed by atoms with Crippen LogP contribution in [-0.4, -0.2) is 35.4 Å². The summed E-state index contributed by atoms with van der Waals surface area (Å²) in [6.07, 6.45) is 10.3. The van der Waals surface area contributed by atoms with Gasteiger partial charge in [-0.2, -0.15) is 4.98 Å². The molecule has 4 aromatic rings. The van der Waals surface area contributed by atoms with Gasteiger partial charge in [0.1, 0.15) is 0 Å². The van der Waals surface area contributed by atoms with Crippen molar-refractivity contribution in [3.05, 3.63) is 60.8 Å². The first kappa shape index (κ1) is 16.8. The van der Waals surface area contributed by atoms with Crippen LogP contribution in [0.4, 0.5) is 0 Å². The summed E-state index contributed by atoms with van der Waals surface area (Å²) in [6.45, 7) is 0.369. The summed E-state index contributed by atoms with van der Waals surface area (Å²) in [7, 11) is 0. The van der Waals surface area contributed by atoms with Crippen LogP contribution in [0.5, 0.6) is 0 Å². The predicted molar refractivity (Wildman–Crippen MR) is 95.3 cm³/mol. The van der Waals surface area contributed by atoms with Crippen molar-refractivity contribution < 1.29 is 9.32 Å². The zero-order valence-corrected chi connectivity index (χ0v) is 14.4. The standard InChI is InChI=1S/C18H17N7O2/c26-15(21-11-14-12-25-9-3-8-20-18(25)22-14)5-1-6-16-23-17(24-27-16)13-4-2-7-19-10-13/h2-4,7-10,12H,1,5-6,11H2,(H,21,26). The first-order chi connectivity index (χ1) is 13.3. The van der Waals surface area contributed by atoms with Crippen LogP contribution in [0.25, 0.3) is 17.2 Å². The van der Waals surface area contributed by atoms with Crippen molar-refractivity contribution in [2.24, 2.45) is 0 Å². The number of hydrogen-bond donors (Lipinski definition) is 1. The quantitative estimate of drug-likeness (QED) is 0.533. The van der Waals surface area contributed by atoms with E-state index in [9.17, 15) is 4.79 Å². The Bertz CT molecular complexity index is 1010. The zero-order chi connectivity index (χ0) is 18.5. The molecule has 0 aromatic carbocycles. The van der Waals surface area contributed by atoms with E-state index in [1.54, 1.807) is 18.6 Å². The van der Waals surface area contributed by atoms with E-state index in [1.807, 2.05) is 35.0 Å². The van der Waals surface area contributed by atoms with E-state index in [2.05, 4.69) is 30.4 Å². The maximum absolute atomic E-state index is 12.0. The second-order valence-corrected chi connectivity index (χ2v) is 5.94. The van der Waals surface area contributed by atoms with Crippen LogP contribution >= 0.6 is 0 Å². The number of fused-ring (bicyclic) bond motifs is 1. The lowest BCUT2D eigenvalue weighted by Crippen LogP contribution is -2.22. The zero-order valence-electron chi connectivity index (χ0n) is 14.4. The number of carbonyl (C=O) groups is 1. The van der Waals surface area contributed by atoms with Crippen molar-refractivity contribution in [1.82, 2.24) is 34.8 Å². The Kier molecular flexibility index (Phi) is 4.82. The normalized spacial score (nSPS) is 11.0. The second-order valence-electron chi connectivity index (χ2n) is 5.94. The third-order valence-electron chi connectivity index (χ3n) is 3.93. The molecular weight excluding hydrogens is 346 g/mol. The number of hydrogen-bond acceptors (Lipinski definition) is 7. The Morgan fingerprint density at radius 2 is 2.19 bits per heavy atom. The number of amides is 1. The van der Waals surface area contributed by atoms with Gasteiger partial charge in [-0.05, 0) is 24.6 Å². The van der Waals surface area contributed by atoms with Gasteiger partial charge in [0.2, 0.25) is 23.4 Å². The number of pyridine rings is 1. The molecule has 0 spiro atoms. The minimum absolute atomic E-state index is 0.0491. The summed E-state index contributed by atoms with van der Waals surface area (Å²) < 4.78 is 7.04. The highest BCUT2D eigenvalue weighted by molar-refractivity contribution is 5.75. The monoisotopic (exact) mass is 363 g/mol. The number of imidazole rings is 1. The summed E-state index contributed by atoms with van der Waals surface area (Å²) in [5.41, 5.74) is 1.56. The lowest BCUT2D eigenvalue weighted by molar-refractivity contribution is -0.121. The van der Waals surface area contributed by atoms with Gasteiger partial charge in [-0.15, -0.1) is 0 Å². The number of nitrogens with one attached hydrogen (secondary N) is 1. The molecule has 27 heavy (non-hydrogen) atoms. The van der Waals surface area contributed by atoms with Crippen LogP contribution in [0.1, 0.15) is 24.4 Å². The molecule has 9 nitrogen and oxygen atoms in total. The first-order valence-corrected chi connectivity index (χ1v) is 8.56. The second kappa shape index (κ2) is 7.73. The molecule has 0 bridgehead atoms. The van der Waals surface area contributed by atoms with Crippen LogP contribution in [-0.2, 0) is 17.8 Å². The molecule has 4 heterocycles. The lowest BCUT2D eigenvalue weighted by Gasteiger charge is -2.01. The van der Waals surface area contributed by atoms with Crippen LogP contribution < -0.4 is 5.32 Å². The van der Waals surface area contributed by atoms with Crippen LogP contribution in [0.2, 0.25) is 0 Å². The van der Waals surface area contributed by atoms with Crippen LogP contribution in [0.3, 0.4) is 0 Å². The van der Waals surface area contributed by atoms with Gasteiger partial charge in [-0.25, -0.2) is 9.97 Å². The maximum Gasteiger partial charge on any atom is 0.233 e. The number of aromatic nitrogens is 6. The minimum Gasteiger partial charge on any atom is -0.350 e. The molecule has 0 fully saturated rings. The molecule has 0 radical (unpaired) electrons. The highest BCUT2D eigenvalue weighted by atomic mass is 16.5. The van der Waals surface area contributed by atoms with Gasteiger partial charge in [-0.1, -0.05) is 5.16 Å². The summed E-state index contributed by atoms with van der Waals surface area (Å²) >= 11 is 0. The Labute approximate surface area is 154 Å². The van der Waals surface area contributed by atoms with Gasteiger partial charge in [0, 0.05) is 49.4 Å². The van der Waals surface area contributed by atoms with Gasteiger partial charge >= 0.3 is 0 Å². The molecule has 4 aromatic heterocycles. The summed E-state index contributed by atoms with van der Waals surface area (Å²) in [4.78, 5) is 28.9. The van der Waals surface area contributed by atoms with Crippen molar-refractivity contribution >= 4 is 11.7 Å². The molecular formula is C18H17N7O2. The average molecular weight is 363 g/mol. The van der Waals surface area contributed by atoms with Gasteiger partial charge in [0.15, 0.2) is 0 Å². The molecule has 1 amide bonds.